The van der Waals surface area contributed by atoms with Gasteiger partial charge in [0, 0.05) is 22.5 Å². The Hall–Kier alpha value is -0.560. The predicted molar refractivity (Wildman–Crippen MR) is 59.2 cm³/mol. The molecule has 7 heteroatoms. The van der Waals surface area contributed by atoms with Crippen molar-refractivity contribution in [1.29, 1.82) is 0 Å². The highest BCUT2D eigenvalue weighted by atomic mass is 32.2. The van der Waals surface area contributed by atoms with Crippen LogP contribution in [-0.2, 0) is 20.4 Å². The number of aliphatic carboxylic acids is 1. The van der Waals surface area contributed by atoms with Gasteiger partial charge in [-0.25, -0.2) is 4.79 Å². The SMILES string of the molecule is CC(CS)C(=O)N1CS(=O)CC1C(=O)O. The lowest BCUT2D eigenvalue weighted by atomic mass is 10.1. The Morgan fingerprint density at radius 1 is 1.67 bits per heavy atom. The summed E-state index contributed by atoms with van der Waals surface area (Å²) in [5.74, 6) is -1.32. The molecule has 1 saturated heterocycles. The lowest BCUT2D eigenvalue weighted by molar-refractivity contribution is -0.148. The molecule has 0 aliphatic carbocycles. The summed E-state index contributed by atoms with van der Waals surface area (Å²) in [4.78, 5) is 23.7. The summed E-state index contributed by atoms with van der Waals surface area (Å²) >= 11 is 3.98. The Balaban J connectivity index is 2.79. The fourth-order valence-corrected chi connectivity index (χ4v) is 2.90. The van der Waals surface area contributed by atoms with Crippen molar-refractivity contribution in [3.05, 3.63) is 0 Å². The third kappa shape index (κ3) is 2.72. The largest absolute Gasteiger partial charge is 0.480 e. The first kappa shape index (κ1) is 12.5. The number of carboxylic acid groups (broad SMARTS) is 1. The lowest BCUT2D eigenvalue weighted by Gasteiger charge is -2.22. The summed E-state index contributed by atoms with van der Waals surface area (Å²) in [7, 11) is -1.24. The number of thiol groups is 1. The summed E-state index contributed by atoms with van der Waals surface area (Å²) in [6.07, 6.45) is 0. The topological polar surface area (TPSA) is 74.7 Å². The van der Waals surface area contributed by atoms with Crippen LogP contribution in [0.4, 0.5) is 0 Å². The molecule has 1 aliphatic heterocycles. The van der Waals surface area contributed by atoms with Crippen LogP contribution in [0.1, 0.15) is 6.92 Å². The number of carbonyl (C=O) groups is 2. The number of amides is 1. The van der Waals surface area contributed by atoms with E-state index < -0.39 is 22.8 Å². The minimum Gasteiger partial charge on any atom is -0.480 e. The standard InChI is InChI=1S/C8H13NO4S2/c1-5(2-14)7(10)9-4-15(13)3-6(9)8(11)12/h5-6,14H,2-4H2,1H3,(H,11,12). The number of hydrogen-bond donors (Lipinski definition) is 2. The molecule has 3 unspecified atom stereocenters. The zero-order chi connectivity index (χ0) is 11.6. The molecule has 5 nitrogen and oxygen atoms in total. The van der Waals surface area contributed by atoms with E-state index in [0.717, 1.165) is 0 Å². The van der Waals surface area contributed by atoms with E-state index in [-0.39, 0.29) is 23.5 Å². The Morgan fingerprint density at radius 2 is 2.27 bits per heavy atom. The van der Waals surface area contributed by atoms with Crippen molar-refractivity contribution in [1.82, 2.24) is 4.90 Å². The normalized spacial score (nSPS) is 27.7. The molecular formula is C8H13NO4S2. The molecule has 0 aromatic carbocycles. The van der Waals surface area contributed by atoms with Crippen molar-refractivity contribution in [2.24, 2.45) is 5.92 Å². The van der Waals surface area contributed by atoms with Gasteiger partial charge in [-0.15, -0.1) is 0 Å². The van der Waals surface area contributed by atoms with Crippen molar-refractivity contribution in [2.45, 2.75) is 13.0 Å². The van der Waals surface area contributed by atoms with Gasteiger partial charge in [-0.05, 0) is 0 Å². The second-order valence-corrected chi connectivity index (χ2v) is 5.32. The second-order valence-electron chi connectivity index (χ2n) is 3.48. The van der Waals surface area contributed by atoms with Gasteiger partial charge in [0.15, 0.2) is 0 Å². The van der Waals surface area contributed by atoms with Gasteiger partial charge in [0.2, 0.25) is 5.91 Å². The van der Waals surface area contributed by atoms with Gasteiger partial charge in [0.25, 0.3) is 0 Å². The van der Waals surface area contributed by atoms with Crippen molar-refractivity contribution in [3.8, 4) is 0 Å². The van der Waals surface area contributed by atoms with Crippen LogP contribution in [-0.4, -0.2) is 49.5 Å². The van der Waals surface area contributed by atoms with E-state index in [1.54, 1.807) is 6.92 Å². The molecule has 3 atom stereocenters. The molecular weight excluding hydrogens is 238 g/mol. The molecule has 86 valence electrons. The highest BCUT2D eigenvalue weighted by Gasteiger charge is 2.39. The van der Waals surface area contributed by atoms with Crippen molar-refractivity contribution in [2.75, 3.05) is 17.4 Å². The Bertz CT molecular complexity index is 307. The average molecular weight is 251 g/mol. The van der Waals surface area contributed by atoms with E-state index in [1.807, 2.05) is 0 Å². The molecule has 1 fully saturated rings. The molecule has 0 spiro atoms. The van der Waals surface area contributed by atoms with E-state index in [2.05, 4.69) is 12.6 Å². The van der Waals surface area contributed by atoms with Gasteiger partial charge < -0.3 is 10.0 Å². The molecule has 0 bridgehead atoms. The quantitative estimate of drug-likeness (QED) is 0.667. The summed E-state index contributed by atoms with van der Waals surface area (Å²) in [5, 5.41) is 8.86. The van der Waals surface area contributed by atoms with Crippen molar-refractivity contribution < 1.29 is 18.9 Å². The second kappa shape index (κ2) is 4.98. The van der Waals surface area contributed by atoms with Crippen LogP contribution >= 0.6 is 12.6 Å². The molecule has 1 aliphatic rings. The third-order valence-corrected chi connectivity index (χ3v) is 4.07. The van der Waals surface area contributed by atoms with Crippen molar-refractivity contribution >= 4 is 35.3 Å². The molecule has 0 radical (unpaired) electrons. The fraction of sp³-hybridized carbons (Fsp3) is 0.750. The molecule has 1 heterocycles. The monoisotopic (exact) mass is 251 g/mol. The van der Waals surface area contributed by atoms with Gasteiger partial charge >= 0.3 is 5.97 Å². The van der Waals surface area contributed by atoms with E-state index in [1.165, 1.54) is 4.90 Å². The molecule has 1 rings (SSSR count). The lowest BCUT2D eigenvalue weighted by Crippen LogP contribution is -2.44. The zero-order valence-corrected chi connectivity index (χ0v) is 9.96. The van der Waals surface area contributed by atoms with Crippen LogP contribution in [0.3, 0.4) is 0 Å². The van der Waals surface area contributed by atoms with Gasteiger partial charge in [-0.2, -0.15) is 12.6 Å². The predicted octanol–water partition coefficient (Wildman–Crippen LogP) is -0.446. The molecule has 0 saturated carbocycles. The number of carboxylic acids is 1. The van der Waals surface area contributed by atoms with E-state index >= 15 is 0 Å². The molecule has 0 aromatic rings. The number of carbonyl (C=O) groups excluding carboxylic acids is 1. The maximum Gasteiger partial charge on any atom is 0.327 e. The van der Waals surface area contributed by atoms with E-state index in [4.69, 9.17) is 5.11 Å². The average Bonchev–Trinajstić information content (AvgIpc) is 2.58. The maximum absolute atomic E-state index is 11.7. The smallest absolute Gasteiger partial charge is 0.327 e. The molecule has 15 heavy (non-hydrogen) atoms. The number of rotatable bonds is 3. The minimum absolute atomic E-state index is 0.0217. The van der Waals surface area contributed by atoms with Crippen LogP contribution in [0.25, 0.3) is 0 Å². The Labute approximate surface area is 95.7 Å². The highest BCUT2D eigenvalue weighted by Crippen LogP contribution is 2.16. The van der Waals surface area contributed by atoms with Crippen LogP contribution in [0.15, 0.2) is 0 Å². The Morgan fingerprint density at radius 3 is 2.73 bits per heavy atom. The molecule has 0 aromatic heterocycles. The molecule has 1 N–H and O–H groups in total. The zero-order valence-electron chi connectivity index (χ0n) is 8.25. The minimum atomic E-state index is -1.24. The first-order chi connectivity index (χ1) is 6.97. The number of nitrogens with zero attached hydrogens (tertiary/aromatic N) is 1. The Kier molecular flexibility index (Phi) is 4.15. The van der Waals surface area contributed by atoms with Crippen LogP contribution < -0.4 is 0 Å². The van der Waals surface area contributed by atoms with Crippen LogP contribution in [0.5, 0.6) is 0 Å². The third-order valence-electron chi connectivity index (χ3n) is 2.27. The van der Waals surface area contributed by atoms with Gasteiger partial charge in [-0.3, -0.25) is 9.00 Å². The maximum atomic E-state index is 11.7. The van der Waals surface area contributed by atoms with Gasteiger partial charge in [-0.1, -0.05) is 6.92 Å². The summed E-state index contributed by atoms with van der Waals surface area (Å²) in [6, 6.07) is -0.944. The molecule has 1 amide bonds. The van der Waals surface area contributed by atoms with Crippen molar-refractivity contribution in [3.63, 3.8) is 0 Å². The summed E-state index contributed by atoms with van der Waals surface area (Å²) in [5.41, 5.74) is 0. The fourth-order valence-electron chi connectivity index (χ4n) is 1.35. The summed E-state index contributed by atoms with van der Waals surface area (Å²) < 4.78 is 11.2. The number of hydrogen-bond acceptors (Lipinski definition) is 4. The van der Waals surface area contributed by atoms with Gasteiger partial charge in [0.05, 0.1) is 11.6 Å². The van der Waals surface area contributed by atoms with Crippen LogP contribution in [0, 0.1) is 5.92 Å². The first-order valence-corrected chi connectivity index (χ1v) is 6.58. The van der Waals surface area contributed by atoms with E-state index in [9.17, 15) is 13.8 Å². The van der Waals surface area contributed by atoms with Crippen LogP contribution in [0.2, 0.25) is 0 Å². The first-order valence-electron chi connectivity index (χ1n) is 4.46. The highest BCUT2D eigenvalue weighted by molar-refractivity contribution is 7.85. The summed E-state index contributed by atoms with van der Waals surface area (Å²) in [6.45, 7) is 1.68. The van der Waals surface area contributed by atoms with Gasteiger partial charge in [0.1, 0.15) is 6.04 Å². The van der Waals surface area contributed by atoms with E-state index in [0.29, 0.717) is 5.75 Å².